The van der Waals surface area contributed by atoms with Crippen molar-refractivity contribution >= 4 is 23.5 Å². The molecule has 2 aromatic carbocycles. The number of fused-ring (bicyclic) bond motifs is 1. The highest BCUT2D eigenvalue weighted by Gasteiger charge is 2.27. The van der Waals surface area contributed by atoms with Crippen LogP contribution in [0.2, 0.25) is 5.02 Å². The Bertz CT molecular complexity index is 804. The van der Waals surface area contributed by atoms with E-state index in [1.54, 1.807) is 36.4 Å². The molecule has 0 aliphatic carbocycles. The van der Waals surface area contributed by atoms with Gasteiger partial charge in [-0.2, -0.15) is 0 Å². The summed E-state index contributed by atoms with van der Waals surface area (Å²) in [7, 11) is 0. The van der Waals surface area contributed by atoms with E-state index < -0.39 is 0 Å². The maximum Gasteiger partial charge on any atom is 0.231 e. The van der Waals surface area contributed by atoms with E-state index in [2.05, 4.69) is 6.58 Å². The van der Waals surface area contributed by atoms with E-state index in [4.69, 9.17) is 21.1 Å². The average Bonchev–Trinajstić information content (AvgIpc) is 2.83. The smallest absolute Gasteiger partial charge is 0.231 e. The first-order valence-corrected chi connectivity index (χ1v) is 7.52. The van der Waals surface area contributed by atoms with Crippen molar-refractivity contribution in [2.75, 3.05) is 6.61 Å². The van der Waals surface area contributed by atoms with Crippen LogP contribution in [0.4, 0.5) is 0 Å². The minimum Gasteiger partial charge on any atom is -0.489 e. The monoisotopic (exact) mass is 326 g/mol. The molecule has 116 valence electrons. The fourth-order valence-corrected chi connectivity index (χ4v) is 2.30. The molecule has 0 saturated heterocycles. The van der Waals surface area contributed by atoms with Gasteiger partial charge in [-0.1, -0.05) is 30.3 Å². The van der Waals surface area contributed by atoms with Gasteiger partial charge in [0.25, 0.3) is 0 Å². The van der Waals surface area contributed by atoms with Crippen LogP contribution in [0.25, 0.3) is 6.08 Å². The van der Waals surface area contributed by atoms with Crippen LogP contribution < -0.4 is 9.47 Å². The van der Waals surface area contributed by atoms with Crippen LogP contribution in [0.3, 0.4) is 0 Å². The average molecular weight is 327 g/mol. The number of rotatable bonds is 4. The summed E-state index contributed by atoms with van der Waals surface area (Å²) in [6.07, 6.45) is 1.70. The van der Waals surface area contributed by atoms with Gasteiger partial charge in [0, 0.05) is 11.1 Å². The van der Waals surface area contributed by atoms with Gasteiger partial charge in [-0.3, -0.25) is 4.79 Å². The number of ketones is 1. The van der Waals surface area contributed by atoms with Gasteiger partial charge in [-0.25, -0.2) is 0 Å². The van der Waals surface area contributed by atoms with Crippen molar-refractivity contribution in [1.82, 2.24) is 0 Å². The topological polar surface area (TPSA) is 35.5 Å². The molecule has 3 nitrogen and oxygen atoms in total. The molecule has 0 fully saturated rings. The molecular weight excluding hydrogens is 312 g/mol. The van der Waals surface area contributed by atoms with E-state index in [0.717, 1.165) is 11.1 Å². The van der Waals surface area contributed by atoms with Crippen LogP contribution >= 0.6 is 11.6 Å². The van der Waals surface area contributed by atoms with Crippen LogP contribution in [-0.4, -0.2) is 12.4 Å². The molecule has 0 bridgehead atoms. The molecule has 4 heteroatoms. The molecule has 1 aliphatic heterocycles. The quantitative estimate of drug-likeness (QED) is 0.591. The third kappa shape index (κ3) is 3.46. The normalized spacial score (nSPS) is 14.5. The second-order valence-corrected chi connectivity index (χ2v) is 5.83. The van der Waals surface area contributed by atoms with Crippen molar-refractivity contribution < 1.29 is 14.3 Å². The van der Waals surface area contributed by atoms with E-state index in [0.29, 0.717) is 34.5 Å². The molecule has 0 N–H and O–H groups in total. The predicted molar refractivity (Wildman–Crippen MR) is 91.1 cm³/mol. The summed E-state index contributed by atoms with van der Waals surface area (Å²) in [5.74, 6) is 1.31. The molecule has 23 heavy (non-hydrogen) atoms. The highest BCUT2D eigenvalue weighted by molar-refractivity contribution is 6.30. The molecule has 0 saturated carbocycles. The highest BCUT2D eigenvalue weighted by atomic mass is 35.5. The number of hydrogen-bond donors (Lipinski definition) is 0. The van der Waals surface area contributed by atoms with Crippen molar-refractivity contribution in [2.24, 2.45) is 0 Å². The third-order valence-corrected chi connectivity index (χ3v) is 3.55. The van der Waals surface area contributed by atoms with Crippen LogP contribution in [0, 0.1) is 0 Å². The van der Waals surface area contributed by atoms with Gasteiger partial charge >= 0.3 is 0 Å². The predicted octanol–water partition coefficient (Wildman–Crippen LogP) is 4.91. The zero-order valence-electron chi connectivity index (χ0n) is 12.6. The number of carbonyl (C=O) groups excluding carboxylic acids is 1. The number of carbonyl (C=O) groups is 1. The number of Topliss-reactive ketones (excluding diaryl/α,β-unsaturated/α-hetero) is 1. The lowest BCUT2D eigenvalue weighted by Gasteiger charge is -2.06. The summed E-state index contributed by atoms with van der Waals surface area (Å²) in [4.78, 5) is 12.4. The summed E-state index contributed by atoms with van der Waals surface area (Å²) in [6.45, 7) is 6.11. The van der Waals surface area contributed by atoms with Gasteiger partial charge in [-0.05, 0) is 48.4 Å². The summed E-state index contributed by atoms with van der Waals surface area (Å²) in [6, 6.07) is 12.4. The molecule has 0 spiro atoms. The molecular formula is C19H15ClO3. The Balaban J connectivity index is 1.83. The van der Waals surface area contributed by atoms with Crippen molar-refractivity contribution in [2.45, 2.75) is 6.92 Å². The van der Waals surface area contributed by atoms with Crippen LogP contribution in [0.1, 0.15) is 22.8 Å². The molecule has 0 atom stereocenters. The number of ether oxygens (including phenoxy) is 2. The molecule has 0 aromatic heterocycles. The Labute approximate surface area is 139 Å². The number of allylic oxidation sites excluding steroid dienone is 1. The summed E-state index contributed by atoms with van der Waals surface area (Å²) in [5.41, 5.74) is 2.31. The van der Waals surface area contributed by atoms with E-state index in [9.17, 15) is 4.79 Å². The largest absolute Gasteiger partial charge is 0.489 e. The fourth-order valence-electron chi connectivity index (χ4n) is 2.17. The second kappa shape index (κ2) is 6.31. The first kappa shape index (κ1) is 15.4. The van der Waals surface area contributed by atoms with E-state index in [1.807, 2.05) is 19.1 Å². The molecule has 3 rings (SSSR count). The zero-order valence-corrected chi connectivity index (χ0v) is 13.4. The summed E-state index contributed by atoms with van der Waals surface area (Å²) < 4.78 is 11.2. The first-order valence-electron chi connectivity index (χ1n) is 7.14. The van der Waals surface area contributed by atoms with Gasteiger partial charge < -0.3 is 9.47 Å². The van der Waals surface area contributed by atoms with Crippen molar-refractivity contribution in [3.63, 3.8) is 0 Å². The van der Waals surface area contributed by atoms with Crippen LogP contribution in [0.5, 0.6) is 11.5 Å². The fraction of sp³-hybridized carbons (Fsp3) is 0.105. The van der Waals surface area contributed by atoms with Crippen molar-refractivity contribution in [1.29, 1.82) is 0 Å². The van der Waals surface area contributed by atoms with Crippen molar-refractivity contribution in [3.8, 4) is 11.5 Å². The molecule has 0 amide bonds. The Morgan fingerprint density at radius 1 is 1.26 bits per heavy atom. The Kier molecular flexibility index (Phi) is 4.22. The molecule has 2 aromatic rings. The van der Waals surface area contributed by atoms with Gasteiger partial charge in [-0.15, -0.1) is 0 Å². The lowest BCUT2D eigenvalue weighted by atomic mass is 10.1. The Morgan fingerprint density at radius 3 is 2.70 bits per heavy atom. The van der Waals surface area contributed by atoms with E-state index >= 15 is 0 Å². The van der Waals surface area contributed by atoms with Gasteiger partial charge in [0.2, 0.25) is 5.78 Å². The minimum atomic E-state index is -0.138. The third-order valence-electron chi connectivity index (χ3n) is 3.29. The van der Waals surface area contributed by atoms with E-state index in [-0.39, 0.29) is 5.78 Å². The summed E-state index contributed by atoms with van der Waals surface area (Å²) in [5, 5.41) is 0.647. The van der Waals surface area contributed by atoms with E-state index in [1.165, 1.54) is 0 Å². The summed E-state index contributed by atoms with van der Waals surface area (Å²) >= 11 is 5.86. The Morgan fingerprint density at radius 2 is 2.00 bits per heavy atom. The Hall–Kier alpha value is -2.52. The molecule has 0 unspecified atom stereocenters. The second-order valence-electron chi connectivity index (χ2n) is 5.40. The highest BCUT2D eigenvalue weighted by Crippen LogP contribution is 2.35. The van der Waals surface area contributed by atoms with Gasteiger partial charge in [0.05, 0.1) is 5.56 Å². The number of benzene rings is 2. The SMILES string of the molecule is C=C(C)COc1ccc2c(c1)OC(=Cc1ccc(Cl)cc1)C2=O. The molecule has 1 aliphatic rings. The minimum absolute atomic E-state index is 0.138. The molecule has 0 radical (unpaired) electrons. The van der Waals surface area contributed by atoms with Crippen LogP contribution in [-0.2, 0) is 0 Å². The number of halogens is 1. The lowest BCUT2D eigenvalue weighted by Crippen LogP contribution is -1.98. The number of hydrogen-bond acceptors (Lipinski definition) is 3. The van der Waals surface area contributed by atoms with Gasteiger partial charge in [0.15, 0.2) is 5.76 Å². The first-order chi connectivity index (χ1) is 11.0. The zero-order chi connectivity index (χ0) is 16.4. The van der Waals surface area contributed by atoms with Gasteiger partial charge in [0.1, 0.15) is 18.1 Å². The molecule has 1 heterocycles. The lowest BCUT2D eigenvalue weighted by molar-refractivity contribution is 0.101. The maximum absolute atomic E-state index is 12.4. The maximum atomic E-state index is 12.4. The van der Waals surface area contributed by atoms with Crippen LogP contribution in [0.15, 0.2) is 60.4 Å². The van der Waals surface area contributed by atoms with Crippen molar-refractivity contribution in [3.05, 3.63) is 76.5 Å². The standard InChI is InChI=1S/C19H15ClO3/c1-12(2)11-22-15-7-8-16-17(10-15)23-18(19(16)21)9-13-3-5-14(20)6-4-13/h3-10H,1,11H2,2H3.